The van der Waals surface area contributed by atoms with E-state index in [1.165, 1.54) is 0 Å². The van der Waals surface area contributed by atoms with Gasteiger partial charge in [0.1, 0.15) is 0 Å². The van der Waals surface area contributed by atoms with Crippen LogP contribution < -0.4 is 5.73 Å². The molecule has 18 heavy (non-hydrogen) atoms. The second kappa shape index (κ2) is 5.91. The van der Waals surface area contributed by atoms with Crippen molar-refractivity contribution in [1.82, 2.24) is 4.90 Å². The van der Waals surface area contributed by atoms with E-state index in [9.17, 15) is 0 Å². The quantitative estimate of drug-likeness (QED) is 0.662. The van der Waals surface area contributed by atoms with Gasteiger partial charge in [0.2, 0.25) is 0 Å². The molecule has 1 atom stereocenters. The topological polar surface area (TPSA) is 53.1 Å². The molecule has 98 valence electrons. The molecule has 1 fully saturated rings. The van der Waals surface area contributed by atoms with E-state index in [0.29, 0.717) is 5.02 Å². The van der Waals surface area contributed by atoms with E-state index < -0.39 is 0 Å². The molecular weight excluding hydrogens is 269 g/mol. The van der Waals surface area contributed by atoms with Gasteiger partial charge in [-0.3, -0.25) is 10.3 Å². The Kier molecular flexibility index (Phi) is 4.49. The largest absolute Gasteiger partial charge is 0.387 e. The molecule has 5 heteroatoms. The van der Waals surface area contributed by atoms with Gasteiger partial charge in [-0.05, 0) is 43.1 Å². The standard InChI is InChI=1S/C13H17Cl2N3/c14-11-3-4-12(15)10(6-11)8-18-5-1-2-9(7-18)13(16)17/h3-4,6,9H,1-2,5,7-8H2,(H3,16,17). The Morgan fingerprint density at radius 1 is 1.44 bits per heavy atom. The summed E-state index contributed by atoms with van der Waals surface area (Å²) in [7, 11) is 0. The number of hydrogen-bond donors (Lipinski definition) is 2. The van der Waals surface area contributed by atoms with Crippen LogP contribution in [0.25, 0.3) is 0 Å². The van der Waals surface area contributed by atoms with Gasteiger partial charge in [0.25, 0.3) is 0 Å². The van der Waals surface area contributed by atoms with Crippen molar-refractivity contribution >= 4 is 29.0 Å². The molecule has 0 saturated carbocycles. The number of nitrogens with one attached hydrogen (secondary N) is 1. The van der Waals surface area contributed by atoms with E-state index >= 15 is 0 Å². The molecule has 1 heterocycles. The van der Waals surface area contributed by atoms with Gasteiger partial charge in [0.05, 0.1) is 5.84 Å². The Labute approximate surface area is 117 Å². The van der Waals surface area contributed by atoms with Gasteiger partial charge in [0.15, 0.2) is 0 Å². The number of benzene rings is 1. The zero-order chi connectivity index (χ0) is 13.1. The fourth-order valence-electron chi connectivity index (χ4n) is 2.36. The van der Waals surface area contributed by atoms with Crippen molar-refractivity contribution in [2.24, 2.45) is 11.7 Å². The zero-order valence-electron chi connectivity index (χ0n) is 10.1. The number of piperidine rings is 1. The molecule has 3 N–H and O–H groups in total. The molecule has 0 aromatic heterocycles. The number of nitrogens with zero attached hydrogens (tertiary/aromatic N) is 1. The Morgan fingerprint density at radius 2 is 2.22 bits per heavy atom. The summed E-state index contributed by atoms with van der Waals surface area (Å²) >= 11 is 12.1. The van der Waals surface area contributed by atoms with Crippen LogP contribution in [0, 0.1) is 11.3 Å². The fraction of sp³-hybridized carbons (Fsp3) is 0.462. The second-order valence-electron chi connectivity index (χ2n) is 4.77. The minimum Gasteiger partial charge on any atom is -0.387 e. The SMILES string of the molecule is N=C(N)C1CCCN(Cc2cc(Cl)ccc2Cl)C1. The van der Waals surface area contributed by atoms with E-state index in [0.717, 1.165) is 43.1 Å². The van der Waals surface area contributed by atoms with Crippen molar-refractivity contribution in [2.75, 3.05) is 13.1 Å². The predicted molar refractivity (Wildman–Crippen MR) is 76.4 cm³/mol. The zero-order valence-corrected chi connectivity index (χ0v) is 11.6. The van der Waals surface area contributed by atoms with Gasteiger partial charge < -0.3 is 5.73 Å². The van der Waals surface area contributed by atoms with Gasteiger partial charge in [-0.1, -0.05) is 23.2 Å². The first-order chi connectivity index (χ1) is 8.56. The van der Waals surface area contributed by atoms with Crippen molar-refractivity contribution in [3.8, 4) is 0 Å². The summed E-state index contributed by atoms with van der Waals surface area (Å²) in [4.78, 5) is 2.28. The lowest BCUT2D eigenvalue weighted by atomic mass is 9.96. The molecule has 1 saturated heterocycles. The lowest BCUT2D eigenvalue weighted by Crippen LogP contribution is -2.40. The molecule has 2 rings (SSSR count). The summed E-state index contributed by atoms with van der Waals surface area (Å²) in [5.41, 5.74) is 6.62. The van der Waals surface area contributed by atoms with Gasteiger partial charge >= 0.3 is 0 Å². The Morgan fingerprint density at radius 3 is 2.94 bits per heavy atom. The van der Waals surface area contributed by atoms with Crippen LogP contribution in [0.2, 0.25) is 10.0 Å². The van der Waals surface area contributed by atoms with Crippen LogP contribution in [0.4, 0.5) is 0 Å². The molecule has 3 nitrogen and oxygen atoms in total. The van der Waals surface area contributed by atoms with E-state index in [4.69, 9.17) is 34.3 Å². The molecule has 1 aliphatic rings. The highest BCUT2D eigenvalue weighted by atomic mass is 35.5. The minimum absolute atomic E-state index is 0.178. The van der Waals surface area contributed by atoms with Gasteiger partial charge in [-0.15, -0.1) is 0 Å². The predicted octanol–water partition coefficient (Wildman–Crippen LogP) is 3.14. The Hall–Kier alpha value is -0.770. The second-order valence-corrected chi connectivity index (χ2v) is 5.61. The van der Waals surface area contributed by atoms with E-state index in [2.05, 4.69) is 4.90 Å². The number of halogens is 2. The smallest absolute Gasteiger partial charge is 0.0949 e. The van der Waals surface area contributed by atoms with Crippen molar-refractivity contribution < 1.29 is 0 Å². The summed E-state index contributed by atoms with van der Waals surface area (Å²) in [6.45, 7) is 2.62. The van der Waals surface area contributed by atoms with Gasteiger partial charge in [-0.2, -0.15) is 0 Å². The maximum absolute atomic E-state index is 7.54. The molecule has 0 spiro atoms. The van der Waals surface area contributed by atoms with E-state index in [1.807, 2.05) is 12.1 Å². The first-order valence-electron chi connectivity index (χ1n) is 6.06. The summed E-state index contributed by atoms with van der Waals surface area (Å²) in [5, 5.41) is 8.98. The molecule has 0 amide bonds. The summed E-state index contributed by atoms with van der Waals surface area (Å²) in [6.07, 6.45) is 2.08. The number of hydrogen-bond acceptors (Lipinski definition) is 2. The van der Waals surface area contributed by atoms with E-state index in [-0.39, 0.29) is 11.8 Å². The number of amidine groups is 1. The average molecular weight is 286 g/mol. The summed E-state index contributed by atoms with van der Waals surface area (Å²) < 4.78 is 0. The number of likely N-dealkylation sites (tertiary alicyclic amines) is 1. The first kappa shape index (κ1) is 13.7. The highest BCUT2D eigenvalue weighted by Crippen LogP contribution is 2.24. The maximum Gasteiger partial charge on any atom is 0.0949 e. The van der Waals surface area contributed by atoms with Gasteiger partial charge in [-0.25, -0.2) is 0 Å². The maximum atomic E-state index is 7.54. The summed E-state index contributed by atoms with van der Waals surface area (Å²) in [6, 6.07) is 5.52. The number of nitrogens with two attached hydrogens (primary N) is 1. The summed E-state index contributed by atoms with van der Waals surface area (Å²) in [5.74, 6) is 0.466. The monoisotopic (exact) mass is 285 g/mol. The van der Waals surface area contributed by atoms with Crippen LogP contribution in [0.1, 0.15) is 18.4 Å². The van der Waals surface area contributed by atoms with Crippen molar-refractivity contribution in [3.05, 3.63) is 33.8 Å². The average Bonchev–Trinajstić information content (AvgIpc) is 2.34. The van der Waals surface area contributed by atoms with Crippen LogP contribution in [0.15, 0.2) is 18.2 Å². The highest BCUT2D eigenvalue weighted by Gasteiger charge is 2.22. The van der Waals surface area contributed by atoms with Crippen molar-refractivity contribution in [2.45, 2.75) is 19.4 Å². The minimum atomic E-state index is 0.178. The van der Waals surface area contributed by atoms with Crippen LogP contribution in [0.5, 0.6) is 0 Å². The molecule has 1 aromatic rings. The third-order valence-corrected chi connectivity index (χ3v) is 3.95. The number of rotatable bonds is 3. The lowest BCUT2D eigenvalue weighted by molar-refractivity contribution is 0.196. The molecular formula is C13H17Cl2N3. The molecule has 1 aliphatic heterocycles. The molecule has 0 aliphatic carbocycles. The lowest BCUT2D eigenvalue weighted by Gasteiger charge is -2.32. The normalized spacial score (nSPS) is 20.9. The van der Waals surface area contributed by atoms with Crippen molar-refractivity contribution in [3.63, 3.8) is 0 Å². The molecule has 1 unspecified atom stereocenters. The van der Waals surface area contributed by atoms with Crippen LogP contribution in [0.3, 0.4) is 0 Å². The molecule has 0 radical (unpaired) electrons. The van der Waals surface area contributed by atoms with Crippen molar-refractivity contribution in [1.29, 1.82) is 5.41 Å². The Bertz CT molecular complexity index is 448. The third-order valence-electron chi connectivity index (χ3n) is 3.35. The third kappa shape index (κ3) is 3.37. The van der Waals surface area contributed by atoms with Crippen LogP contribution >= 0.6 is 23.2 Å². The van der Waals surface area contributed by atoms with Crippen LogP contribution in [-0.4, -0.2) is 23.8 Å². The first-order valence-corrected chi connectivity index (χ1v) is 6.82. The van der Waals surface area contributed by atoms with E-state index in [1.54, 1.807) is 6.07 Å². The molecule has 0 bridgehead atoms. The van der Waals surface area contributed by atoms with Crippen LogP contribution in [-0.2, 0) is 6.54 Å². The highest BCUT2D eigenvalue weighted by molar-refractivity contribution is 6.33. The molecule has 1 aromatic carbocycles. The van der Waals surface area contributed by atoms with Gasteiger partial charge in [0, 0.05) is 29.1 Å². The fourth-order valence-corrected chi connectivity index (χ4v) is 2.73. The Balaban J connectivity index is 2.04.